The number of aliphatic hydroxyl groups excluding tert-OH is 1. The van der Waals surface area contributed by atoms with Gasteiger partial charge in [-0.15, -0.1) is 0 Å². The van der Waals surface area contributed by atoms with E-state index in [4.69, 9.17) is 5.73 Å². The van der Waals surface area contributed by atoms with E-state index in [0.717, 1.165) is 16.7 Å². The molecule has 156 valence electrons. The summed E-state index contributed by atoms with van der Waals surface area (Å²) in [5.41, 5.74) is 7.83. The van der Waals surface area contributed by atoms with Crippen molar-refractivity contribution >= 4 is 5.91 Å². The molecule has 1 atom stereocenters. The Morgan fingerprint density at radius 1 is 0.833 bits per heavy atom. The highest BCUT2D eigenvalue weighted by Crippen LogP contribution is 2.37. The van der Waals surface area contributed by atoms with Gasteiger partial charge in [0.05, 0.1) is 11.6 Å². The van der Waals surface area contributed by atoms with E-state index in [1.54, 1.807) is 0 Å². The third-order valence-electron chi connectivity index (χ3n) is 5.19. The summed E-state index contributed by atoms with van der Waals surface area (Å²) in [7, 11) is 0. The first-order valence-electron chi connectivity index (χ1n) is 10.2. The first kappa shape index (κ1) is 21.7. The Bertz CT molecular complexity index is 805. The van der Waals surface area contributed by atoms with Crippen LogP contribution in [-0.4, -0.2) is 36.8 Å². The quantitative estimate of drug-likeness (QED) is 0.392. The number of benzene rings is 3. The minimum atomic E-state index is -0.774. The fourth-order valence-corrected chi connectivity index (χ4v) is 3.79. The van der Waals surface area contributed by atoms with Gasteiger partial charge in [0, 0.05) is 19.7 Å². The van der Waals surface area contributed by atoms with E-state index in [1.807, 2.05) is 54.6 Å². The van der Waals surface area contributed by atoms with Crippen molar-refractivity contribution in [3.63, 3.8) is 0 Å². The molecule has 1 amide bonds. The van der Waals surface area contributed by atoms with Crippen molar-refractivity contribution in [1.82, 2.24) is 10.6 Å². The van der Waals surface area contributed by atoms with Crippen LogP contribution in [0.5, 0.6) is 0 Å². The zero-order chi connectivity index (χ0) is 21.2. The molecule has 5 nitrogen and oxygen atoms in total. The maximum atomic E-state index is 12.9. The Balaban J connectivity index is 2.18. The highest BCUT2D eigenvalue weighted by Gasteiger charge is 2.39. The average molecular weight is 404 g/mol. The molecule has 0 bridgehead atoms. The highest BCUT2D eigenvalue weighted by molar-refractivity contribution is 5.82. The average Bonchev–Trinajstić information content (AvgIpc) is 2.82. The van der Waals surface area contributed by atoms with E-state index in [1.165, 1.54) is 0 Å². The van der Waals surface area contributed by atoms with Gasteiger partial charge < -0.3 is 16.2 Å². The molecule has 30 heavy (non-hydrogen) atoms. The smallest absolute Gasteiger partial charge is 0.237 e. The standard InChI is InChI=1S/C25H29N3O2/c26-17-18-27-24(30)23(16-19-29)28-25(20-10-4-1-5-11-20,21-12-6-2-7-13-21)22-14-8-3-9-15-22/h1-15,23,28-29H,16-19,26H2,(H,27,30). The second-order valence-corrected chi connectivity index (χ2v) is 7.14. The number of hydrogen-bond acceptors (Lipinski definition) is 4. The molecule has 3 aromatic carbocycles. The molecule has 0 aliphatic carbocycles. The van der Waals surface area contributed by atoms with Gasteiger partial charge in [0.1, 0.15) is 0 Å². The molecular formula is C25H29N3O2. The summed E-state index contributed by atoms with van der Waals surface area (Å²) < 4.78 is 0. The Kier molecular flexibility index (Phi) is 7.74. The molecule has 0 spiro atoms. The summed E-state index contributed by atoms with van der Waals surface area (Å²) in [5.74, 6) is -0.179. The largest absolute Gasteiger partial charge is 0.396 e. The molecule has 0 aliphatic heterocycles. The first-order chi connectivity index (χ1) is 14.7. The van der Waals surface area contributed by atoms with Crippen LogP contribution in [0, 0.1) is 0 Å². The van der Waals surface area contributed by atoms with Gasteiger partial charge in [-0.2, -0.15) is 0 Å². The maximum Gasteiger partial charge on any atom is 0.237 e. The van der Waals surface area contributed by atoms with E-state index in [9.17, 15) is 9.90 Å². The monoisotopic (exact) mass is 403 g/mol. The lowest BCUT2D eigenvalue weighted by Crippen LogP contribution is -2.55. The van der Waals surface area contributed by atoms with Gasteiger partial charge in [-0.1, -0.05) is 91.0 Å². The Hall–Kier alpha value is -2.99. The number of rotatable bonds is 10. The third kappa shape index (κ3) is 4.76. The summed E-state index contributed by atoms with van der Waals surface area (Å²) in [4.78, 5) is 12.9. The van der Waals surface area contributed by atoms with Crippen LogP contribution < -0.4 is 16.4 Å². The van der Waals surface area contributed by atoms with E-state index >= 15 is 0 Å². The van der Waals surface area contributed by atoms with E-state index in [0.29, 0.717) is 13.1 Å². The molecule has 0 fully saturated rings. The predicted molar refractivity (Wildman–Crippen MR) is 120 cm³/mol. The second kappa shape index (κ2) is 10.7. The molecule has 0 heterocycles. The number of nitrogens with two attached hydrogens (primary N) is 1. The van der Waals surface area contributed by atoms with Crippen LogP contribution in [0.2, 0.25) is 0 Å². The van der Waals surface area contributed by atoms with Crippen LogP contribution in [-0.2, 0) is 10.3 Å². The van der Waals surface area contributed by atoms with Crippen LogP contribution in [0.3, 0.4) is 0 Å². The first-order valence-corrected chi connectivity index (χ1v) is 10.2. The van der Waals surface area contributed by atoms with Crippen molar-refractivity contribution in [2.24, 2.45) is 5.73 Å². The minimum absolute atomic E-state index is 0.109. The van der Waals surface area contributed by atoms with Gasteiger partial charge in [0.15, 0.2) is 0 Å². The molecular weight excluding hydrogens is 374 g/mol. The summed E-state index contributed by atoms with van der Waals surface area (Å²) in [6.45, 7) is 0.637. The van der Waals surface area contributed by atoms with E-state index < -0.39 is 11.6 Å². The Labute approximate surface area is 177 Å². The Morgan fingerprint density at radius 3 is 1.63 bits per heavy atom. The lowest BCUT2D eigenvalue weighted by Gasteiger charge is -2.39. The van der Waals surface area contributed by atoms with Crippen LogP contribution in [0.1, 0.15) is 23.1 Å². The number of carbonyl (C=O) groups excluding carboxylic acids is 1. The number of hydrogen-bond donors (Lipinski definition) is 4. The zero-order valence-electron chi connectivity index (χ0n) is 17.0. The normalized spacial score (nSPS) is 12.3. The van der Waals surface area contributed by atoms with Crippen molar-refractivity contribution in [3.8, 4) is 0 Å². The van der Waals surface area contributed by atoms with Crippen molar-refractivity contribution in [2.45, 2.75) is 18.0 Å². The summed E-state index contributed by atoms with van der Waals surface area (Å²) in [6.07, 6.45) is 0.282. The van der Waals surface area contributed by atoms with Gasteiger partial charge in [-0.05, 0) is 23.1 Å². The molecule has 0 radical (unpaired) electrons. The molecule has 0 saturated carbocycles. The number of aliphatic hydroxyl groups is 1. The topological polar surface area (TPSA) is 87.4 Å². The van der Waals surface area contributed by atoms with Crippen LogP contribution in [0.4, 0.5) is 0 Å². The highest BCUT2D eigenvalue weighted by atomic mass is 16.3. The fourth-order valence-electron chi connectivity index (χ4n) is 3.79. The fraction of sp³-hybridized carbons (Fsp3) is 0.240. The predicted octanol–water partition coefficient (Wildman–Crippen LogP) is 2.39. The molecule has 0 aromatic heterocycles. The summed E-state index contributed by atoms with van der Waals surface area (Å²) in [5, 5.41) is 16.1. The second-order valence-electron chi connectivity index (χ2n) is 7.14. The SMILES string of the molecule is NCCNC(=O)C(CCO)NC(c1ccccc1)(c1ccccc1)c1ccccc1. The number of nitrogens with one attached hydrogen (secondary N) is 2. The molecule has 0 aliphatic rings. The molecule has 1 unspecified atom stereocenters. The molecule has 0 saturated heterocycles. The third-order valence-corrected chi connectivity index (χ3v) is 5.19. The van der Waals surface area contributed by atoms with Gasteiger partial charge in [0.2, 0.25) is 5.91 Å². The molecule has 3 rings (SSSR count). The number of carbonyl (C=O) groups is 1. The minimum Gasteiger partial charge on any atom is -0.396 e. The van der Waals surface area contributed by atoms with Crippen molar-refractivity contribution in [2.75, 3.05) is 19.7 Å². The van der Waals surface area contributed by atoms with E-state index in [2.05, 4.69) is 47.0 Å². The molecule has 5 heteroatoms. The van der Waals surface area contributed by atoms with Gasteiger partial charge in [-0.3, -0.25) is 10.1 Å². The lowest BCUT2D eigenvalue weighted by atomic mass is 9.76. The Morgan fingerprint density at radius 2 is 1.27 bits per heavy atom. The molecule has 3 aromatic rings. The van der Waals surface area contributed by atoms with E-state index in [-0.39, 0.29) is 18.9 Å². The van der Waals surface area contributed by atoms with Crippen molar-refractivity contribution < 1.29 is 9.90 Å². The zero-order valence-corrected chi connectivity index (χ0v) is 17.0. The van der Waals surface area contributed by atoms with Crippen LogP contribution in [0.25, 0.3) is 0 Å². The molecule has 5 N–H and O–H groups in total. The number of amides is 1. The van der Waals surface area contributed by atoms with Crippen molar-refractivity contribution in [3.05, 3.63) is 108 Å². The van der Waals surface area contributed by atoms with Crippen molar-refractivity contribution in [1.29, 1.82) is 0 Å². The van der Waals surface area contributed by atoms with Crippen LogP contribution in [0.15, 0.2) is 91.0 Å². The summed E-state index contributed by atoms with van der Waals surface area (Å²) in [6, 6.07) is 29.6. The maximum absolute atomic E-state index is 12.9. The van der Waals surface area contributed by atoms with Gasteiger partial charge in [-0.25, -0.2) is 0 Å². The van der Waals surface area contributed by atoms with Gasteiger partial charge >= 0.3 is 0 Å². The summed E-state index contributed by atoms with van der Waals surface area (Å²) >= 11 is 0. The van der Waals surface area contributed by atoms with Gasteiger partial charge in [0.25, 0.3) is 0 Å². The van der Waals surface area contributed by atoms with Crippen LogP contribution >= 0.6 is 0 Å². The lowest BCUT2D eigenvalue weighted by molar-refractivity contribution is -0.123.